The molecule has 1 aromatic carbocycles. The number of nitrogens with two attached hydrogens (primary N) is 1. The van der Waals surface area contributed by atoms with E-state index in [1.165, 1.54) is 0 Å². The SMILES string of the molecule is CC[C@@H]1[C@H](F)C(=O)N[C@@H]1COCC(C)(O)c1cccc2c1cc(C(N)=O)c1nccn12. The fourth-order valence-electron chi connectivity index (χ4n) is 4.36. The van der Waals surface area contributed by atoms with Gasteiger partial charge in [-0.05, 0) is 31.0 Å². The number of imidazole rings is 1. The van der Waals surface area contributed by atoms with Crippen LogP contribution in [0, 0.1) is 5.92 Å². The highest BCUT2D eigenvalue weighted by atomic mass is 19.1. The summed E-state index contributed by atoms with van der Waals surface area (Å²) in [7, 11) is 0. The number of benzene rings is 1. The van der Waals surface area contributed by atoms with Crippen LogP contribution in [0.15, 0.2) is 36.7 Å². The Morgan fingerprint density at radius 2 is 2.23 bits per heavy atom. The first-order valence-electron chi connectivity index (χ1n) is 10.2. The molecule has 4 N–H and O–H groups in total. The quantitative estimate of drug-likeness (QED) is 0.529. The first-order valence-corrected chi connectivity index (χ1v) is 10.2. The number of alkyl halides is 1. The Labute approximate surface area is 178 Å². The molecule has 164 valence electrons. The third-order valence-electron chi connectivity index (χ3n) is 5.98. The van der Waals surface area contributed by atoms with Crippen molar-refractivity contribution in [2.75, 3.05) is 13.2 Å². The summed E-state index contributed by atoms with van der Waals surface area (Å²) in [4.78, 5) is 27.8. The molecule has 0 saturated carbocycles. The summed E-state index contributed by atoms with van der Waals surface area (Å²) in [6.45, 7) is 3.43. The van der Waals surface area contributed by atoms with Crippen molar-refractivity contribution in [1.29, 1.82) is 0 Å². The van der Waals surface area contributed by atoms with Gasteiger partial charge in [-0.25, -0.2) is 9.37 Å². The number of hydrogen-bond acceptors (Lipinski definition) is 5. The van der Waals surface area contributed by atoms with E-state index >= 15 is 0 Å². The lowest BCUT2D eigenvalue weighted by atomic mass is 9.92. The number of amides is 2. The molecule has 1 fully saturated rings. The molecule has 31 heavy (non-hydrogen) atoms. The minimum absolute atomic E-state index is 0.0836. The van der Waals surface area contributed by atoms with E-state index in [-0.39, 0.29) is 18.8 Å². The first-order chi connectivity index (χ1) is 14.7. The molecule has 2 amide bonds. The van der Waals surface area contributed by atoms with Crippen LogP contribution in [0.4, 0.5) is 4.39 Å². The summed E-state index contributed by atoms with van der Waals surface area (Å²) in [6, 6.07) is 6.59. The Balaban J connectivity index is 1.62. The van der Waals surface area contributed by atoms with Crippen LogP contribution in [-0.2, 0) is 15.1 Å². The molecule has 1 unspecified atom stereocenters. The van der Waals surface area contributed by atoms with Crippen molar-refractivity contribution in [2.24, 2.45) is 11.7 Å². The lowest BCUT2D eigenvalue weighted by molar-refractivity contribution is -0.124. The van der Waals surface area contributed by atoms with E-state index in [4.69, 9.17) is 10.5 Å². The zero-order chi connectivity index (χ0) is 22.3. The maximum atomic E-state index is 14.0. The van der Waals surface area contributed by atoms with Gasteiger partial charge in [0.25, 0.3) is 11.8 Å². The Hall–Kier alpha value is -3.04. The second-order valence-electron chi connectivity index (χ2n) is 8.16. The van der Waals surface area contributed by atoms with Gasteiger partial charge in [0.1, 0.15) is 11.2 Å². The largest absolute Gasteiger partial charge is 0.383 e. The van der Waals surface area contributed by atoms with Gasteiger partial charge in [0.15, 0.2) is 6.17 Å². The van der Waals surface area contributed by atoms with Crippen LogP contribution in [0.1, 0.15) is 36.2 Å². The van der Waals surface area contributed by atoms with Gasteiger partial charge < -0.3 is 20.9 Å². The standard InChI is InChI=1S/C22H25FN4O4/c1-3-12-16(26-21(29)18(12)23)10-31-11-22(2,30)15-5-4-6-17-13(15)9-14(19(24)28)20-25-7-8-27(17)20/h4-9,12,16,18,30H,3,10-11H2,1-2H3,(H2,24,28)(H,26,29)/t12-,16+,18-,22?/m0/s1. The van der Waals surface area contributed by atoms with E-state index in [0.717, 1.165) is 5.52 Å². The summed E-state index contributed by atoms with van der Waals surface area (Å²) < 4.78 is 21.4. The number of nitrogens with zero attached hydrogens (tertiary/aromatic N) is 2. The average molecular weight is 428 g/mol. The first kappa shape index (κ1) is 21.2. The minimum Gasteiger partial charge on any atom is -0.383 e. The van der Waals surface area contributed by atoms with Crippen LogP contribution in [0.2, 0.25) is 0 Å². The van der Waals surface area contributed by atoms with Gasteiger partial charge in [0.05, 0.1) is 30.3 Å². The number of halogens is 1. The van der Waals surface area contributed by atoms with Crippen molar-refractivity contribution in [3.63, 3.8) is 0 Å². The van der Waals surface area contributed by atoms with Gasteiger partial charge >= 0.3 is 0 Å². The summed E-state index contributed by atoms with van der Waals surface area (Å²) in [5.41, 5.74) is 6.12. The molecule has 9 heteroatoms. The Bertz CT molecular complexity index is 1160. The fraction of sp³-hybridized carbons (Fsp3) is 0.409. The molecule has 0 bridgehead atoms. The Kier molecular flexibility index (Phi) is 5.40. The number of carbonyl (C=O) groups is 2. The van der Waals surface area contributed by atoms with E-state index in [1.807, 2.05) is 13.0 Å². The van der Waals surface area contributed by atoms with Crippen LogP contribution >= 0.6 is 0 Å². The molecule has 1 aliphatic heterocycles. The molecule has 1 aliphatic rings. The second kappa shape index (κ2) is 7.90. The monoisotopic (exact) mass is 428 g/mol. The van der Waals surface area contributed by atoms with Gasteiger partial charge in [-0.3, -0.25) is 14.0 Å². The molecular weight excluding hydrogens is 403 g/mol. The average Bonchev–Trinajstić information content (AvgIpc) is 3.32. The van der Waals surface area contributed by atoms with E-state index in [1.54, 1.807) is 41.9 Å². The topological polar surface area (TPSA) is 119 Å². The van der Waals surface area contributed by atoms with Gasteiger partial charge in [-0.2, -0.15) is 0 Å². The lowest BCUT2D eigenvalue weighted by Crippen LogP contribution is -2.36. The summed E-state index contributed by atoms with van der Waals surface area (Å²) in [6.07, 6.45) is 2.26. The molecule has 0 spiro atoms. The molecule has 0 radical (unpaired) electrons. The van der Waals surface area contributed by atoms with Crippen LogP contribution in [0.25, 0.3) is 16.6 Å². The molecule has 3 heterocycles. The van der Waals surface area contributed by atoms with Crippen LogP contribution in [0.5, 0.6) is 0 Å². The molecule has 0 aliphatic carbocycles. The molecule has 2 aromatic heterocycles. The molecule has 4 rings (SSSR count). The van der Waals surface area contributed by atoms with Crippen molar-refractivity contribution in [1.82, 2.24) is 14.7 Å². The lowest BCUT2D eigenvalue weighted by Gasteiger charge is -2.27. The Morgan fingerprint density at radius 1 is 1.45 bits per heavy atom. The smallest absolute Gasteiger partial charge is 0.255 e. The maximum absolute atomic E-state index is 14.0. The fourth-order valence-corrected chi connectivity index (χ4v) is 4.36. The van der Waals surface area contributed by atoms with Crippen molar-refractivity contribution in [3.8, 4) is 0 Å². The number of rotatable bonds is 7. The van der Waals surface area contributed by atoms with Crippen molar-refractivity contribution in [3.05, 3.63) is 47.8 Å². The van der Waals surface area contributed by atoms with E-state index in [0.29, 0.717) is 23.0 Å². The van der Waals surface area contributed by atoms with E-state index < -0.39 is 35.5 Å². The van der Waals surface area contributed by atoms with E-state index in [2.05, 4.69) is 10.3 Å². The number of fused-ring (bicyclic) bond motifs is 3. The summed E-state index contributed by atoms with van der Waals surface area (Å²) >= 11 is 0. The molecular formula is C22H25FN4O4. The number of pyridine rings is 1. The predicted molar refractivity (Wildman–Crippen MR) is 112 cm³/mol. The zero-order valence-corrected chi connectivity index (χ0v) is 17.3. The Morgan fingerprint density at radius 3 is 2.94 bits per heavy atom. The highest BCUT2D eigenvalue weighted by Gasteiger charge is 2.41. The number of nitrogens with one attached hydrogen (secondary N) is 1. The zero-order valence-electron chi connectivity index (χ0n) is 17.3. The number of ether oxygens (including phenoxy) is 1. The van der Waals surface area contributed by atoms with Gasteiger partial charge in [0.2, 0.25) is 0 Å². The second-order valence-corrected chi connectivity index (χ2v) is 8.16. The van der Waals surface area contributed by atoms with Crippen LogP contribution < -0.4 is 11.1 Å². The van der Waals surface area contributed by atoms with Crippen molar-refractivity contribution >= 4 is 28.4 Å². The number of carbonyl (C=O) groups excluding carboxylic acids is 2. The molecule has 4 atom stereocenters. The predicted octanol–water partition coefficient (Wildman–Crippen LogP) is 1.67. The normalized spacial score (nSPS) is 23.2. The number of primary amides is 1. The van der Waals surface area contributed by atoms with Crippen LogP contribution in [-0.4, -0.2) is 51.7 Å². The van der Waals surface area contributed by atoms with Gasteiger partial charge in [0, 0.05) is 23.7 Å². The van der Waals surface area contributed by atoms with Crippen LogP contribution in [0.3, 0.4) is 0 Å². The van der Waals surface area contributed by atoms with E-state index in [9.17, 15) is 19.1 Å². The highest BCUT2D eigenvalue weighted by molar-refractivity contribution is 6.03. The number of aliphatic hydroxyl groups is 1. The molecule has 3 aromatic rings. The van der Waals surface area contributed by atoms with Gasteiger partial charge in [-0.1, -0.05) is 19.1 Å². The highest BCUT2D eigenvalue weighted by Crippen LogP contribution is 2.31. The van der Waals surface area contributed by atoms with Crippen molar-refractivity contribution < 1.29 is 23.8 Å². The van der Waals surface area contributed by atoms with Gasteiger partial charge in [-0.15, -0.1) is 0 Å². The molecule has 8 nitrogen and oxygen atoms in total. The third-order valence-corrected chi connectivity index (χ3v) is 5.98. The summed E-state index contributed by atoms with van der Waals surface area (Å²) in [5, 5.41) is 14.5. The number of hydrogen-bond donors (Lipinski definition) is 3. The number of aromatic nitrogens is 2. The van der Waals surface area contributed by atoms with Crippen molar-refractivity contribution in [2.45, 2.75) is 38.1 Å². The minimum atomic E-state index is -1.54. The molecule has 1 saturated heterocycles. The third kappa shape index (κ3) is 3.64. The summed E-state index contributed by atoms with van der Waals surface area (Å²) in [5.74, 6) is -1.69. The maximum Gasteiger partial charge on any atom is 0.255 e.